The van der Waals surface area contributed by atoms with E-state index in [0.29, 0.717) is 24.6 Å². The summed E-state index contributed by atoms with van der Waals surface area (Å²) in [5, 5.41) is 3.31. The lowest BCUT2D eigenvalue weighted by molar-refractivity contribution is -0.132. The number of nitrogens with one attached hydrogen (secondary N) is 1. The van der Waals surface area contributed by atoms with E-state index >= 15 is 0 Å². The summed E-state index contributed by atoms with van der Waals surface area (Å²) < 4.78 is 26.7. The molecular weight excluding hydrogens is 274 g/mol. The van der Waals surface area contributed by atoms with E-state index in [1.807, 2.05) is 0 Å². The topological polar surface area (TPSA) is 32.3 Å². The minimum absolute atomic E-state index is 0.0503. The third-order valence-electron chi connectivity index (χ3n) is 4.01. The smallest absolute Gasteiger partial charge is 0.224 e. The summed E-state index contributed by atoms with van der Waals surface area (Å²) in [5.41, 5.74) is 0.381. The predicted molar refractivity (Wildman–Crippen MR) is 75.6 cm³/mol. The lowest BCUT2D eigenvalue weighted by Crippen LogP contribution is -2.35. The number of benzene rings is 1. The van der Waals surface area contributed by atoms with Gasteiger partial charge in [0.05, 0.1) is 0 Å². The number of hydrogen-bond donors (Lipinski definition) is 1. The lowest BCUT2D eigenvalue weighted by atomic mass is 10.2. The van der Waals surface area contributed by atoms with Gasteiger partial charge in [-0.1, -0.05) is 6.07 Å². The number of hydrogen-bond acceptors (Lipinski definition) is 2. The molecule has 1 aromatic carbocycles. The molecule has 0 unspecified atom stereocenters. The van der Waals surface area contributed by atoms with Crippen LogP contribution in [-0.2, 0) is 11.3 Å². The van der Waals surface area contributed by atoms with Gasteiger partial charge in [-0.15, -0.1) is 0 Å². The Morgan fingerprint density at radius 2 is 2.00 bits per heavy atom. The maximum atomic E-state index is 13.7. The summed E-state index contributed by atoms with van der Waals surface area (Å²) in [6.45, 7) is 0.914. The summed E-state index contributed by atoms with van der Waals surface area (Å²) in [7, 11) is 0. The molecule has 2 aliphatic carbocycles. The summed E-state index contributed by atoms with van der Waals surface area (Å²) in [4.78, 5) is 14.0. The highest BCUT2D eigenvalue weighted by atomic mass is 19.1. The molecule has 5 heteroatoms. The Hall–Kier alpha value is -1.49. The van der Waals surface area contributed by atoms with Gasteiger partial charge in [0.2, 0.25) is 5.91 Å². The molecular formula is C16H20F2N2O. The third kappa shape index (κ3) is 4.00. The van der Waals surface area contributed by atoms with Gasteiger partial charge in [-0.2, -0.15) is 0 Å². The fourth-order valence-electron chi connectivity index (χ4n) is 2.45. The lowest BCUT2D eigenvalue weighted by Gasteiger charge is -2.23. The first kappa shape index (κ1) is 14.4. The van der Waals surface area contributed by atoms with Gasteiger partial charge in [0.1, 0.15) is 11.6 Å². The van der Waals surface area contributed by atoms with Gasteiger partial charge >= 0.3 is 0 Å². The van der Waals surface area contributed by atoms with Crippen LogP contribution in [0.25, 0.3) is 0 Å². The molecule has 3 rings (SSSR count). The van der Waals surface area contributed by atoms with Crippen LogP contribution in [0.1, 0.15) is 37.7 Å². The minimum Gasteiger partial charge on any atom is -0.335 e. The first-order valence-corrected chi connectivity index (χ1v) is 7.60. The van der Waals surface area contributed by atoms with E-state index in [9.17, 15) is 13.6 Å². The Bertz CT molecular complexity index is 527. The zero-order valence-corrected chi connectivity index (χ0v) is 11.9. The normalized spacial score (nSPS) is 17.8. The van der Waals surface area contributed by atoms with Crippen LogP contribution < -0.4 is 5.32 Å². The number of carbonyl (C=O) groups is 1. The van der Waals surface area contributed by atoms with Gasteiger partial charge in [0.15, 0.2) is 0 Å². The van der Waals surface area contributed by atoms with Crippen molar-refractivity contribution in [3.8, 4) is 0 Å². The van der Waals surface area contributed by atoms with E-state index in [0.717, 1.165) is 18.9 Å². The molecule has 0 aromatic heterocycles. The summed E-state index contributed by atoms with van der Waals surface area (Å²) in [5.74, 6) is -1.12. The molecule has 0 aliphatic heterocycles. The molecule has 0 bridgehead atoms. The Morgan fingerprint density at radius 3 is 2.62 bits per heavy atom. The van der Waals surface area contributed by atoms with Crippen LogP contribution in [0.2, 0.25) is 0 Å². The molecule has 114 valence electrons. The number of halogens is 2. The monoisotopic (exact) mass is 294 g/mol. The van der Waals surface area contributed by atoms with Crippen LogP contribution >= 0.6 is 0 Å². The van der Waals surface area contributed by atoms with Gasteiger partial charge in [-0.05, 0) is 31.7 Å². The predicted octanol–water partition coefficient (Wildman–Crippen LogP) is 2.60. The van der Waals surface area contributed by atoms with E-state index < -0.39 is 11.6 Å². The van der Waals surface area contributed by atoms with Crippen LogP contribution in [-0.4, -0.2) is 29.4 Å². The van der Waals surface area contributed by atoms with Crippen molar-refractivity contribution in [2.24, 2.45) is 0 Å². The van der Waals surface area contributed by atoms with Gasteiger partial charge in [-0.25, -0.2) is 8.78 Å². The Morgan fingerprint density at radius 1 is 1.24 bits per heavy atom. The molecule has 0 spiro atoms. The second-order valence-corrected chi connectivity index (χ2v) is 5.97. The molecule has 1 N–H and O–H groups in total. The van der Waals surface area contributed by atoms with E-state index in [1.54, 1.807) is 4.90 Å². The average Bonchev–Trinajstić information content (AvgIpc) is 3.31. The molecule has 0 atom stereocenters. The number of amides is 1. The Labute approximate surface area is 123 Å². The number of nitrogens with zero attached hydrogens (tertiary/aromatic N) is 1. The van der Waals surface area contributed by atoms with Crippen molar-refractivity contribution in [1.82, 2.24) is 10.2 Å². The van der Waals surface area contributed by atoms with E-state index in [4.69, 9.17) is 0 Å². The molecule has 2 saturated carbocycles. The van der Waals surface area contributed by atoms with Crippen LogP contribution in [0.4, 0.5) is 8.78 Å². The Balaban J connectivity index is 1.59. The van der Waals surface area contributed by atoms with Gasteiger partial charge in [-0.3, -0.25) is 4.79 Å². The van der Waals surface area contributed by atoms with Gasteiger partial charge in [0.25, 0.3) is 0 Å². The summed E-state index contributed by atoms with van der Waals surface area (Å²) >= 11 is 0. The average molecular weight is 294 g/mol. The number of rotatable bonds is 7. The summed E-state index contributed by atoms with van der Waals surface area (Å²) in [6.07, 6.45) is 4.79. The second kappa shape index (κ2) is 6.10. The molecule has 2 aliphatic rings. The van der Waals surface area contributed by atoms with Crippen LogP contribution in [0.5, 0.6) is 0 Å². The fourth-order valence-corrected chi connectivity index (χ4v) is 2.45. The highest BCUT2D eigenvalue weighted by Crippen LogP contribution is 2.29. The standard InChI is InChI=1S/C16H20F2N2O/c17-12-2-1-11(15(18)9-12)10-20(14-5-6-14)16(21)7-8-19-13-3-4-13/h1-2,9,13-14,19H,3-8,10H2. The highest BCUT2D eigenvalue weighted by molar-refractivity contribution is 5.77. The molecule has 0 heterocycles. The Kier molecular flexibility index (Phi) is 4.19. The first-order chi connectivity index (χ1) is 10.1. The largest absolute Gasteiger partial charge is 0.335 e. The number of carbonyl (C=O) groups excluding carboxylic acids is 1. The van der Waals surface area contributed by atoms with Crippen molar-refractivity contribution in [1.29, 1.82) is 0 Å². The second-order valence-electron chi connectivity index (χ2n) is 5.97. The van der Waals surface area contributed by atoms with Gasteiger partial charge in [0, 0.05) is 43.2 Å². The van der Waals surface area contributed by atoms with Crippen molar-refractivity contribution in [2.45, 2.75) is 50.7 Å². The van der Waals surface area contributed by atoms with Crippen LogP contribution in [0, 0.1) is 11.6 Å². The zero-order valence-electron chi connectivity index (χ0n) is 11.9. The molecule has 1 aromatic rings. The molecule has 0 saturated heterocycles. The maximum absolute atomic E-state index is 13.7. The molecule has 1 amide bonds. The SMILES string of the molecule is O=C(CCNC1CC1)N(Cc1ccc(F)cc1F)C1CC1. The zero-order chi connectivity index (χ0) is 14.8. The van der Waals surface area contributed by atoms with Crippen molar-refractivity contribution < 1.29 is 13.6 Å². The van der Waals surface area contributed by atoms with E-state index in [1.165, 1.54) is 25.0 Å². The van der Waals surface area contributed by atoms with Crippen molar-refractivity contribution in [2.75, 3.05) is 6.54 Å². The quantitative estimate of drug-likeness (QED) is 0.838. The first-order valence-electron chi connectivity index (χ1n) is 7.60. The van der Waals surface area contributed by atoms with E-state index in [2.05, 4.69) is 5.32 Å². The fraction of sp³-hybridized carbons (Fsp3) is 0.562. The van der Waals surface area contributed by atoms with Crippen molar-refractivity contribution in [3.63, 3.8) is 0 Å². The minimum atomic E-state index is -0.589. The van der Waals surface area contributed by atoms with Crippen molar-refractivity contribution in [3.05, 3.63) is 35.4 Å². The molecule has 3 nitrogen and oxygen atoms in total. The third-order valence-corrected chi connectivity index (χ3v) is 4.01. The molecule has 21 heavy (non-hydrogen) atoms. The highest BCUT2D eigenvalue weighted by Gasteiger charge is 2.33. The van der Waals surface area contributed by atoms with Crippen LogP contribution in [0.15, 0.2) is 18.2 Å². The molecule has 2 fully saturated rings. The summed E-state index contributed by atoms with van der Waals surface area (Å²) in [6, 6.07) is 4.35. The van der Waals surface area contributed by atoms with Crippen LogP contribution in [0.3, 0.4) is 0 Å². The van der Waals surface area contributed by atoms with Crippen molar-refractivity contribution >= 4 is 5.91 Å². The molecule has 0 radical (unpaired) electrons. The maximum Gasteiger partial charge on any atom is 0.224 e. The van der Waals surface area contributed by atoms with Gasteiger partial charge < -0.3 is 10.2 Å². The van der Waals surface area contributed by atoms with E-state index in [-0.39, 0.29) is 18.5 Å².